The van der Waals surface area contributed by atoms with Gasteiger partial charge in [-0.1, -0.05) is 12.8 Å². The van der Waals surface area contributed by atoms with Crippen molar-refractivity contribution < 1.29 is 0 Å². The Bertz CT molecular complexity index is 384. The van der Waals surface area contributed by atoms with Crippen LogP contribution in [0.25, 0.3) is 0 Å². The van der Waals surface area contributed by atoms with E-state index < -0.39 is 0 Å². The molecule has 1 aromatic rings. The highest BCUT2D eigenvalue weighted by molar-refractivity contribution is 5.45. The minimum atomic E-state index is 0.0375. The van der Waals surface area contributed by atoms with Crippen LogP contribution in [0.1, 0.15) is 31.4 Å². The molecule has 0 unspecified atom stereocenters. The molecule has 0 aliphatic heterocycles. The van der Waals surface area contributed by atoms with Gasteiger partial charge in [-0.3, -0.25) is 0 Å². The number of aromatic nitrogens is 1. The molecule has 1 aliphatic rings. The van der Waals surface area contributed by atoms with E-state index in [-0.39, 0.29) is 5.54 Å². The van der Waals surface area contributed by atoms with Gasteiger partial charge in [-0.15, -0.1) is 0 Å². The summed E-state index contributed by atoms with van der Waals surface area (Å²) in [4.78, 5) is 4.04. The molecule has 1 aliphatic carbocycles. The summed E-state index contributed by atoms with van der Waals surface area (Å²) in [7, 11) is 0. The monoisotopic (exact) mass is 216 g/mol. The lowest BCUT2D eigenvalue weighted by molar-refractivity contribution is 0.493. The Morgan fingerprint density at radius 2 is 2.19 bits per heavy atom. The number of hydrogen-bond donors (Lipinski definition) is 2. The largest absolute Gasteiger partial charge is 0.377 e. The molecule has 0 amide bonds. The molecular formula is C12H16N4. The zero-order valence-corrected chi connectivity index (χ0v) is 9.24. The predicted octanol–water partition coefficient (Wildman–Crippen LogP) is 1.64. The van der Waals surface area contributed by atoms with Gasteiger partial charge in [0.05, 0.1) is 11.9 Å². The fourth-order valence-electron chi connectivity index (χ4n) is 2.27. The van der Waals surface area contributed by atoms with E-state index >= 15 is 0 Å². The summed E-state index contributed by atoms with van der Waals surface area (Å²) in [6.45, 7) is 0.646. The second-order valence-corrected chi connectivity index (χ2v) is 4.36. The molecule has 0 saturated heterocycles. The Hall–Kier alpha value is -1.60. The van der Waals surface area contributed by atoms with E-state index in [1.54, 1.807) is 12.3 Å². The molecule has 1 aromatic heterocycles. The van der Waals surface area contributed by atoms with Crippen molar-refractivity contribution in [2.75, 3.05) is 11.9 Å². The topological polar surface area (TPSA) is 74.7 Å². The molecule has 4 heteroatoms. The molecule has 0 bridgehead atoms. The minimum Gasteiger partial charge on any atom is -0.377 e. The molecule has 0 aromatic carbocycles. The highest BCUT2D eigenvalue weighted by Crippen LogP contribution is 2.31. The van der Waals surface area contributed by atoms with Crippen LogP contribution in [0.5, 0.6) is 0 Å². The Balaban J connectivity index is 2.10. The maximum absolute atomic E-state index is 8.66. The second-order valence-electron chi connectivity index (χ2n) is 4.36. The smallest absolute Gasteiger partial charge is 0.140 e. The zero-order valence-electron chi connectivity index (χ0n) is 9.24. The van der Waals surface area contributed by atoms with Crippen LogP contribution >= 0.6 is 0 Å². The van der Waals surface area contributed by atoms with Gasteiger partial charge >= 0.3 is 0 Å². The summed E-state index contributed by atoms with van der Waals surface area (Å²) in [6.07, 6.45) is 6.39. The van der Waals surface area contributed by atoms with Crippen molar-refractivity contribution in [2.24, 2.45) is 5.73 Å². The molecule has 0 spiro atoms. The average molecular weight is 216 g/mol. The van der Waals surface area contributed by atoms with E-state index in [4.69, 9.17) is 11.0 Å². The minimum absolute atomic E-state index is 0.0375. The van der Waals surface area contributed by atoms with Crippen molar-refractivity contribution in [3.8, 4) is 6.07 Å². The first-order valence-electron chi connectivity index (χ1n) is 5.62. The van der Waals surface area contributed by atoms with Crippen molar-refractivity contribution >= 4 is 5.69 Å². The molecule has 0 atom stereocenters. The Morgan fingerprint density at radius 1 is 1.44 bits per heavy atom. The predicted molar refractivity (Wildman–Crippen MR) is 62.8 cm³/mol. The summed E-state index contributed by atoms with van der Waals surface area (Å²) in [5.74, 6) is 0. The lowest BCUT2D eigenvalue weighted by atomic mass is 9.97. The fraction of sp³-hybridized carbons (Fsp3) is 0.500. The molecule has 84 valence electrons. The van der Waals surface area contributed by atoms with Crippen LogP contribution in [-0.4, -0.2) is 17.1 Å². The maximum atomic E-state index is 8.66. The number of rotatable bonds is 3. The van der Waals surface area contributed by atoms with Crippen molar-refractivity contribution in [3.63, 3.8) is 0 Å². The number of pyridine rings is 1. The SMILES string of the molecule is N#Cc1ccc(NC2(CN)CCCC2)cn1. The molecule has 1 heterocycles. The van der Waals surface area contributed by atoms with Crippen LogP contribution in [0.4, 0.5) is 5.69 Å². The third-order valence-corrected chi connectivity index (χ3v) is 3.24. The molecule has 1 fully saturated rings. The molecule has 3 N–H and O–H groups in total. The van der Waals surface area contributed by atoms with Gasteiger partial charge in [0.15, 0.2) is 0 Å². The lowest BCUT2D eigenvalue weighted by Crippen LogP contribution is -2.42. The van der Waals surface area contributed by atoms with Gasteiger partial charge in [-0.05, 0) is 25.0 Å². The van der Waals surface area contributed by atoms with Crippen molar-refractivity contribution in [2.45, 2.75) is 31.2 Å². The summed E-state index contributed by atoms with van der Waals surface area (Å²) in [6, 6.07) is 5.62. The van der Waals surface area contributed by atoms with Crippen LogP contribution < -0.4 is 11.1 Å². The normalized spacial score (nSPS) is 18.0. The highest BCUT2D eigenvalue weighted by Gasteiger charge is 2.32. The molecule has 4 nitrogen and oxygen atoms in total. The molecule has 0 radical (unpaired) electrons. The third-order valence-electron chi connectivity index (χ3n) is 3.24. The number of nitrogens with zero attached hydrogens (tertiary/aromatic N) is 2. The van der Waals surface area contributed by atoms with Crippen LogP contribution in [0.15, 0.2) is 18.3 Å². The van der Waals surface area contributed by atoms with Crippen molar-refractivity contribution in [1.82, 2.24) is 4.98 Å². The van der Waals surface area contributed by atoms with E-state index in [1.165, 1.54) is 12.8 Å². The van der Waals surface area contributed by atoms with Crippen LogP contribution in [0.2, 0.25) is 0 Å². The van der Waals surface area contributed by atoms with E-state index in [0.29, 0.717) is 12.2 Å². The number of anilines is 1. The maximum Gasteiger partial charge on any atom is 0.140 e. The van der Waals surface area contributed by atoms with E-state index in [1.807, 2.05) is 12.1 Å². The molecule has 1 saturated carbocycles. The van der Waals surface area contributed by atoms with Crippen LogP contribution in [-0.2, 0) is 0 Å². The number of nitrogens with two attached hydrogens (primary N) is 1. The molecule has 2 rings (SSSR count). The van der Waals surface area contributed by atoms with Crippen molar-refractivity contribution in [3.05, 3.63) is 24.0 Å². The first-order valence-corrected chi connectivity index (χ1v) is 5.62. The fourth-order valence-corrected chi connectivity index (χ4v) is 2.27. The average Bonchev–Trinajstić information content (AvgIpc) is 2.79. The van der Waals surface area contributed by atoms with Crippen LogP contribution in [0.3, 0.4) is 0 Å². The summed E-state index contributed by atoms with van der Waals surface area (Å²) in [5.41, 5.74) is 7.27. The Morgan fingerprint density at radius 3 is 2.69 bits per heavy atom. The molecular weight excluding hydrogens is 200 g/mol. The Kier molecular flexibility index (Phi) is 3.07. The summed E-state index contributed by atoms with van der Waals surface area (Å²) < 4.78 is 0. The quantitative estimate of drug-likeness (QED) is 0.805. The van der Waals surface area contributed by atoms with E-state index in [9.17, 15) is 0 Å². The van der Waals surface area contributed by atoms with Gasteiger partial charge < -0.3 is 11.1 Å². The highest BCUT2D eigenvalue weighted by atomic mass is 15.0. The van der Waals surface area contributed by atoms with Gasteiger partial charge in [0.25, 0.3) is 0 Å². The number of nitrogens with one attached hydrogen (secondary N) is 1. The first-order chi connectivity index (χ1) is 7.78. The van der Waals surface area contributed by atoms with Gasteiger partial charge in [0, 0.05) is 12.1 Å². The molecule has 16 heavy (non-hydrogen) atoms. The van der Waals surface area contributed by atoms with E-state index in [0.717, 1.165) is 18.5 Å². The standard InChI is InChI=1S/C12H16N4/c13-7-10-3-4-11(8-15-10)16-12(9-14)5-1-2-6-12/h3-4,8,16H,1-2,5-6,9,14H2. The van der Waals surface area contributed by atoms with Gasteiger partial charge in [0.2, 0.25) is 0 Å². The van der Waals surface area contributed by atoms with Gasteiger partial charge in [-0.25, -0.2) is 4.98 Å². The van der Waals surface area contributed by atoms with E-state index in [2.05, 4.69) is 10.3 Å². The number of hydrogen-bond acceptors (Lipinski definition) is 4. The second kappa shape index (κ2) is 4.50. The first kappa shape index (κ1) is 10.9. The summed E-state index contributed by atoms with van der Waals surface area (Å²) in [5, 5.41) is 12.1. The van der Waals surface area contributed by atoms with Crippen molar-refractivity contribution in [1.29, 1.82) is 5.26 Å². The lowest BCUT2D eigenvalue weighted by Gasteiger charge is -2.29. The number of nitriles is 1. The zero-order chi connectivity index (χ0) is 11.4. The van der Waals surface area contributed by atoms with Crippen LogP contribution in [0, 0.1) is 11.3 Å². The van der Waals surface area contributed by atoms with Gasteiger partial charge in [0.1, 0.15) is 11.8 Å². The Labute approximate surface area is 95.5 Å². The summed E-state index contributed by atoms with van der Waals surface area (Å²) >= 11 is 0. The third kappa shape index (κ3) is 2.15. The van der Waals surface area contributed by atoms with Gasteiger partial charge in [-0.2, -0.15) is 5.26 Å².